The highest BCUT2D eigenvalue weighted by Crippen LogP contribution is 2.26. The normalized spacial score (nSPS) is 25.0. The summed E-state index contributed by atoms with van der Waals surface area (Å²) in [6, 6.07) is 8.68. The van der Waals surface area contributed by atoms with Crippen LogP contribution in [0.15, 0.2) is 24.3 Å². The third kappa shape index (κ3) is 3.73. The molecule has 1 aliphatic rings. The lowest BCUT2D eigenvalue weighted by Gasteiger charge is -2.27. The highest BCUT2D eigenvalue weighted by atomic mass is 35.5. The maximum absolute atomic E-state index is 9.51. The Morgan fingerprint density at radius 3 is 2.95 bits per heavy atom. The lowest BCUT2D eigenvalue weighted by atomic mass is 10.0. The van der Waals surface area contributed by atoms with Gasteiger partial charge in [-0.15, -0.1) is 0 Å². The first-order valence-electron chi connectivity index (χ1n) is 7.43. The predicted octanol–water partition coefficient (Wildman–Crippen LogP) is 2.69. The van der Waals surface area contributed by atoms with Crippen LogP contribution in [0.3, 0.4) is 0 Å². The number of hydrogen-bond donors (Lipinski definition) is 2. The maximum atomic E-state index is 9.51. The lowest BCUT2D eigenvalue weighted by molar-refractivity contribution is 0.135. The second-order valence-corrected chi connectivity index (χ2v) is 6.17. The van der Waals surface area contributed by atoms with E-state index in [1.807, 2.05) is 25.2 Å². The summed E-state index contributed by atoms with van der Waals surface area (Å²) in [6.45, 7) is 4.60. The molecule has 112 valence electrons. The molecule has 20 heavy (non-hydrogen) atoms. The summed E-state index contributed by atoms with van der Waals surface area (Å²) in [5.41, 5.74) is 1.23. The van der Waals surface area contributed by atoms with Crippen molar-refractivity contribution in [2.24, 2.45) is 5.92 Å². The van der Waals surface area contributed by atoms with E-state index < -0.39 is 0 Å². The van der Waals surface area contributed by atoms with E-state index in [1.165, 1.54) is 12.0 Å². The van der Waals surface area contributed by atoms with Crippen molar-refractivity contribution >= 4 is 11.6 Å². The van der Waals surface area contributed by atoms with E-state index in [0.29, 0.717) is 18.0 Å². The Morgan fingerprint density at radius 1 is 1.50 bits per heavy atom. The summed E-state index contributed by atoms with van der Waals surface area (Å²) < 4.78 is 0. The molecule has 3 nitrogen and oxygen atoms in total. The van der Waals surface area contributed by atoms with Crippen LogP contribution in [-0.2, 0) is 0 Å². The zero-order valence-corrected chi connectivity index (χ0v) is 13.1. The van der Waals surface area contributed by atoms with Crippen LogP contribution in [0.4, 0.5) is 0 Å². The van der Waals surface area contributed by atoms with Gasteiger partial charge >= 0.3 is 0 Å². The number of hydrogen-bond acceptors (Lipinski definition) is 3. The molecule has 4 heteroatoms. The Kier molecular flexibility index (Phi) is 5.85. The van der Waals surface area contributed by atoms with Crippen molar-refractivity contribution in [1.29, 1.82) is 0 Å². The average molecular weight is 297 g/mol. The van der Waals surface area contributed by atoms with Gasteiger partial charge in [-0.1, -0.05) is 30.7 Å². The average Bonchev–Trinajstić information content (AvgIpc) is 2.80. The topological polar surface area (TPSA) is 35.5 Å². The fourth-order valence-electron chi connectivity index (χ4n) is 3.16. The van der Waals surface area contributed by atoms with E-state index in [-0.39, 0.29) is 6.61 Å². The zero-order valence-electron chi connectivity index (χ0n) is 12.3. The molecular weight excluding hydrogens is 272 g/mol. The Bertz CT molecular complexity index is 427. The molecule has 0 radical (unpaired) electrons. The fraction of sp³-hybridized carbons (Fsp3) is 0.625. The number of aliphatic hydroxyl groups is 1. The standard InChI is InChI=1S/C16H25ClN2O/c1-12-6-8-19(16(12)11-20)9-7-15(18-2)13-4-3-5-14(17)10-13/h3-5,10,12,15-16,18,20H,6-9,11H2,1-2H3. The third-order valence-electron chi connectivity index (χ3n) is 4.49. The monoisotopic (exact) mass is 296 g/mol. The quantitative estimate of drug-likeness (QED) is 0.847. The van der Waals surface area contributed by atoms with E-state index in [0.717, 1.165) is 24.5 Å². The first-order chi connectivity index (χ1) is 9.65. The van der Waals surface area contributed by atoms with Gasteiger partial charge in [-0.25, -0.2) is 0 Å². The van der Waals surface area contributed by atoms with Crippen LogP contribution in [0, 0.1) is 5.92 Å². The summed E-state index contributed by atoms with van der Waals surface area (Å²) in [7, 11) is 1.99. The lowest BCUT2D eigenvalue weighted by Crippen LogP contribution is -2.37. The van der Waals surface area contributed by atoms with Gasteiger partial charge in [0, 0.05) is 23.7 Å². The molecule has 2 rings (SSSR count). The molecule has 0 bridgehead atoms. The van der Waals surface area contributed by atoms with Gasteiger partial charge in [0.1, 0.15) is 0 Å². The van der Waals surface area contributed by atoms with Crippen molar-refractivity contribution in [3.05, 3.63) is 34.9 Å². The molecule has 0 saturated carbocycles. The molecule has 1 aromatic rings. The number of likely N-dealkylation sites (tertiary alicyclic amines) is 1. The summed E-state index contributed by atoms with van der Waals surface area (Å²) >= 11 is 6.07. The minimum atomic E-state index is 0.266. The first-order valence-corrected chi connectivity index (χ1v) is 7.81. The second kappa shape index (κ2) is 7.41. The Morgan fingerprint density at radius 2 is 2.30 bits per heavy atom. The van der Waals surface area contributed by atoms with Crippen molar-refractivity contribution in [3.8, 4) is 0 Å². The van der Waals surface area contributed by atoms with E-state index in [2.05, 4.69) is 23.2 Å². The largest absolute Gasteiger partial charge is 0.395 e. The van der Waals surface area contributed by atoms with E-state index in [4.69, 9.17) is 11.6 Å². The van der Waals surface area contributed by atoms with E-state index in [1.54, 1.807) is 0 Å². The maximum Gasteiger partial charge on any atom is 0.0589 e. The minimum Gasteiger partial charge on any atom is -0.395 e. The van der Waals surface area contributed by atoms with Gasteiger partial charge in [0.05, 0.1) is 6.61 Å². The molecule has 0 aromatic heterocycles. The van der Waals surface area contributed by atoms with Crippen molar-refractivity contribution in [2.45, 2.75) is 31.8 Å². The van der Waals surface area contributed by atoms with Crippen molar-refractivity contribution in [3.63, 3.8) is 0 Å². The van der Waals surface area contributed by atoms with Gasteiger partial charge in [-0.2, -0.15) is 0 Å². The molecule has 3 atom stereocenters. The van der Waals surface area contributed by atoms with Gasteiger partial charge in [-0.3, -0.25) is 4.90 Å². The fourth-order valence-corrected chi connectivity index (χ4v) is 3.36. The summed E-state index contributed by atoms with van der Waals surface area (Å²) in [6.07, 6.45) is 2.21. The van der Waals surface area contributed by atoms with Crippen LogP contribution in [0.1, 0.15) is 31.4 Å². The molecule has 1 aliphatic heterocycles. The van der Waals surface area contributed by atoms with Gasteiger partial charge in [0.25, 0.3) is 0 Å². The van der Waals surface area contributed by atoms with Crippen LogP contribution in [0.5, 0.6) is 0 Å². The minimum absolute atomic E-state index is 0.266. The number of rotatable bonds is 6. The van der Waals surface area contributed by atoms with Crippen LogP contribution in [0.2, 0.25) is 5.02 Å². The van der Waals surface area contributed by atoms with Gasteiger partial charge in [0.15, 0.2) is 0 Å². The van der Waals surface area contributed by atoms with Crippen molar-refractivity contribution < 1.29 is 5.11 Å². The van der Waals surface area contributed by atoms with Crippen molar-refractivity contribution in [2.75, 3.05) is 26.7 Å². The van der Waals surface area contributed by atoms with E-state index >= 15 is 0 Å². The molecule has 0 amide bonds. The van der Waals surface area contributed by atoms with Crippen molar-refractivity contribution in [1.82, 2.24) is 10.2 Å². The van der Waals surface area contributed by atoms with Crippen LogP contribution in [-0.4, -0.2) is 42.8 Å². The van der Waals surface area contributed by atoms with Crippen LogP contribution in [0.25, 0.3) is 0 Å². The van der Waals surface area contributed by atoms with E-state index in [9.17, 15) is 5.11 Å². The van der Waals surface area contributed by atoms with Gasteiger partial charge in [-0.05, 0) is 50.0 Å². The van der Waals surface area contributed by atoms with Crippen LogP contribution < -0.4 is 5.32 Å². The number of aliphatic hydroxyl groups excluding tert-OH is 1. The van der Waals surface area contributed by atoms with Crippen LogP contribution >= 0.6 is 11.6 Å². The number of nitrogens with zero attached hydrogens (tertiary/aromatic N) is 1. The number of halogens is 1. The predicted molar refractivity (Wildman–Crippen MR) is 84.1 cm³/mol. The molecule has 1 fully saturated rings. The molecule has 0 spiro atoms. The smallest absolute Gasteiger partial charge is 0.0589 e. The van der Waals surface area contributed by atoms with Gasteiger partial charge < -0.3 is 10.4 Å². The first kappa shape index (κ1) is 15.8. The van der Waals surface area contributed by atoms with Gasteiger partial charge in [0.2, 0.25) is 0 Å². The highest BCUT2D eigenvalue weighted by Gasteiger charge is 2.30. The Balaban J connectivity index is 1.94. The molecule has 1 saturated heterocycles. The molecule has 0 aliphatic carbocycles. The summed E-state index contributed by atoms with van der Waals surface area (Å²) in [5, 5.41) is 13.7. The molecule has 2 N–H and O–H groups in total. The third-order valence-corrected chi connectivity index (χ3v) is 4.72. The molecule has 1 aromatic carbocycles. The highest BCUT2D eigenvalue weighted by molar-refractivity contribution is 6.30. The summed E-state index contributed by atoms with van der Waals surface area (Å²) in [4.78, 5) is 2.42. The summed E-state index contributed by atoms with van der Waals surface area (Å²) in [5.74, 6) is 0.596. The Labute approximate surface area is 126 Å². The SMILES string of the molecule is CNC(CCN1CCC(C)C1CO)c1cccc(Cl)c1. The number of nitrogens with one attached hydrogen (secondary N) is 1. The Hall–Kier alpha value is -0.610. The molecular formula is C16H25ClN2O. The second-order valence-electron chi connectivity index (χ2n) is 5.74. The zero-order chi connectivity index (χ0) is 14.5. The number of benzene rings is 1. The molecule has 1 heterocycles. The molecule has 3 unspecified atom stereocenters.